The molecule has 1 saturated heterocycles. The molecule has 2 aromatic heterocycles. The van der Waals surface area contributed by atoms with E-state index in [0.29, 0.717) is 24.4 Å². The number of likely N-dealkylation sites (N-methyl/N-ethyl adjacent to an activating group) is 1. The smallest absolute Gasteiger partial charge is 0.275 e. The van der Waals surface area contributed by atoms with Gasteiger partial charge in [-0.3, -0.25) is 9.59 Å². The van der Waals surface area contributed by atoms with Gasteiger partial charge in [-0.25, -0.2) is 13.9 Å². The van der Waals surface area contributed by atoms with Crippen LogP contribution < -0.4 is 0 Å². The highest BCUT2D eigenvalue weighted by Crippen LogP contribution is 2.28. The largest absolute Gasteiger partial charge is 0.342 e. The Morgan fingerprint density at radius 1 is 1.16 bits per heavy atom. The van der Waals surface area contributed by atoms with Crippen LogP contribution in [0.15, 0.2) is 36.5 Å². The predicted octanol–water partition coefficient (Wildman–Crippen LogP) is 3.99. The standard InChI is InChI=1S/C23H26FN5O2.CH4/c1-14(2)17-12-18(15-6-8-16(24)9-7-15)26-29-13-19(25-20(17)29)21(30)28-11-10-27(5)22(31)23(28,3)4;/h6-9,12-14H,10-11H2,1-5H3;1H4. The van der Waals surface area contributed by atoms with Crippen LogP contribution in [0.3, 0.4) is 0 Å². The Bertz CT molecular complexity index is 1170. The monoisotopic (exact) mass is 439 g/mol. The normalized spacial score (nSPS) is 15.9. The number of rotatable bonds is 3. The van der Waals surface area contributed by atoms with Crippen molar-refractivity contribution in [3.05, 3.63) is 53.6 Å². The Morgan fingerprint density at radius 2 is 1.81 bits per heavy atom. The van der Waals surface area contributed by atoms with Gasteiger partial charge in [-0.2, -0.15) is 5.10 Å². The van der Waals surface area contributed by atoms with Gasteiger partial charge in [0.2, 0.25) is 5.91 Å². The maximum Gasteiger partial charge on any atom is 0.275 e. The van der Waals surface area contributed by atoms with Crippen LogP contribution in [0.4, 0.5) is 4.39 Å². The summed E-state index contributed by atoms with van der Waals surface area (Å²) in [6.07, 6.45) is 1.61. The van der Waals surface area contributed by atoms with Gasteiger partial charge in [0.1, 0.15) is 17.1 Å². The SMILES string of the molecule is C.CC(C)c1cc(-c2ccc(F)cc2)nn2cc(C(=O)N3CCN(C)C(=O)C3(C)C)nc12. The lowest BCUT2D eigenvalue weighted by molar-refractivity contribution is -0.144. The summed E-state index contributed by atoms with van der Waals surface area (Å²) in [7, 11) is 1.74. The molecule has 7 nitrogen and oxygen atoms in total. The number of fused-ring (bicyclic) bond motifs is 1. The molecular weight excluding hydrogens is 409 g/mol. The third-order valence-electron chi connectivity index (χ3n) is 5.88. The molecular formula is C24H30FN5O2. The lowest BCUT2D eigenvalue weighted by Gasteiger charge is -2.44. The quantitative estimate of drug-likeness (QED) is 0.619. The molecule has 3 aromatic rings. The Hall–Kier alpha value is -3.29. The molecule has 2 amide bonds. The Morgan fingerprint density at radius 3 is 2.44 bits per heavy atom. The van der Waals surface area contributed by atoms with Crippen LogP contribution in [-0.2, 0) is 4.79 Å². The molecule has 0 bridgehead atoms. The molecule has 0 spiro atoms. The second-order valence-corrected chi connectivity index (χ2v) is 8.78. The second-order valence-electron chi connectivity index (χ2n) is 8.78. The number of carbonyl (C=O) groups excluding carboxylic acids is 2. The summed E-state index contributed by atoms with van der Waals surface area (Å²) >= 11 is 0. The van der Waals surface area contributed by atoms with Crippen molar-refractivity contribution >= 4 is 17.5 Å². The average Bonchev–Trinajstić information content (AvgIpc) is 3.15. The van der Waals surface area contributed by atoms with Crippen molar-refractivity contribution in [3.8, 4) is 11.3 Å². The summed E-state index contributed by atoms with van der Waals surface area (Å²) in [4.78, 5) is 33.7. The molecule has 0 radical (unpaired) electrons. The van der Waals surface area contributed by atoms with Gasteiger partial charge in [-0.1, -0.05) is 21.3 Å². The highest BCUT2D eigenvalue weighted by molar-refractivity contribution is 5.98. The zero-order valence-corrected chi connectivity index (χ0v) is 18.4. The van der Waals surface area contributed by atoms with E-state index in [-0.39, 0.29) is 36.7 Å². The lowest BCUT2D eigenvalue weighted by Crippen LogP contribution is -2.63. The van der Waals surface area contributed by atoms with E-state index in [1.807, 2.05) is 19.9 Å². The average molecular weight is 440 g/mol. The van der Waals surface area contributed by atoms with Crippen molar-refractivity contribution < 1.29 is 14.0 Å². The van der Waals surface area contributed by atoms with Gasteiger partial charge in [0.05, 0.1) is 11.9 Å². The summed E-state index contributed by atoms with van der Waals surface area (Å²) < 4.78 is 14.9. The number of nitrogens with zero attached hydrogens (tertiary/aromatic N) is 5. The molecule has 0 atom stereocenters. The first-order valence-electron chi connectivity index (χ1n) is 10.3. The molecule has 1 fully saturated rings. The first-order chi connectivity index (χ1) is 14.6. The first kappa shape index (κ1) is 23.4. The maximum absolute atomic E-state index is 13.3. The van der Waals surface area contributed by atoms with Crippen molar-refractivity contribution in [2.45, 2.75) is 46.6 Å². The highest BCUT2D eigenvalue weighted by Gasteiger charge is 2.43. The summed E-state index contributed by atoms with van der Waals surface area (Å²) in [5.41, 5.74) is 2.27. The fraction of sp³-hybridized carbons (Fsp3) is 0.417. The molecule has 4 rings (SSSR count). The van der Waals surface area contributed by atoms with E-state index >= 15 is 0 Å². The third kappa shape index (κ3) is 3.85. The van der Waals surface area contributed by atoms with Gasteiger partial charge in [-0.15, -0.1) is 0 Å². The molecule has 0 unspecified atom stereocenters. The van der Waals surface area contributed by atoms with Crippen molar-refractivity contribution in [1.29, 1.82) is 0 Å². The van der Waals surface area contributed by atoms with Crippen LogP contribution in [0.5, 0.6) is 0 Å². The van der Waals surface area contributed by atoms with Crippen molar-refractivity contribution in [3.63, 3.8) is 0 Å². The molecule has 1 aliphatic rings. The minimum atomic E-state index is -0.951. The highest BCUT2D eigenvalue weighted by atomic mass is 19.1. The minimum Gasteiger partial charge on any atom is -0.342 e. The van der Waals surface area contributed by atoms with Crippen LogP contribution >= 0.6 is 0 Å². The molecule has 0 aliphatic carbocycles. The number of halogens is 1. The Kier molecular flexibility index (Phi) is 6.09. The van der Waals surface area contributed by atoms with Crippen LogP contribution in [0.2, 0.25) is 0 Å². The fourth-order valence-electron chi connectivity index (χ4n) is 4.00. The zero-order chi connectivity index (χ0) is 22.5. The van der Waals surface area contributed by atoms with Gasteiger partial charge in [0, 0.05) is 31.3 Å². The lowest BCUT2D eigenvalue weighted by atomic mass is 9.97. The molecule has 0 N–H and O–H groups in total. The predicted molar refractivity (Wildman–Crippen MR) is 122 cm³/mol. The van der Waals surface area contributed by atoms with Gasteiger partial charge in [0.25, 0.3) is 5.91 Å². The zero-order valence-electron chi connectivity index (χ0n) is 18.4. The number of hydrogen-bond acceptors (Lipinski definition) is 4. The van der Waals surface area contributed by atoms with E-state index in [1.165, 1.54) is 12.1 Å². The summed E-state index contributed by atoms with van der Waals surface area (Å²) in [6.45, 7) is 8.51. The molecule has 32 heavy (non-hydrogen) atoms. The number of carbonyl (C=O) groups is 2. The summed E-state index contributed by atoms with van der Waals surface area (Å²) in [5.74, 6) is -0.573. The number of aromatic nitrogens is 3. The van der Waals surface area contributed by atoms with Crippen molar-refractivity contribution in [1.82, 2.24) is 24.4 Å². The summed E-state index contributed by atoms with van der Waals surface area (Å²) in [5, 5.41) is 4.62. The number of imidazole rings is 1. The number of amides is 2. The fourth-order valence-corrected chi connectivity index (χ4v) is 4.00. The van der Waals surface area contributed by atoms with Gasteiger partial charge >= 0.3 is 0 Å². The summed E-state index contributed by atoms with van der Waals surface area (Å²) in [6, 6.07) is 8.07. The topological polar surface area (TPSA) is 70.8 Å². The molecule has 8 heteroatoms. The van der Waals surface area contributed by atoms with Gasteiger partial charge in [0.15, 0.2) is 5.65 Å². The first-order valence-corrected chi connectivity index (χ1v) is 10.3. The number of benzene rings is 1. The molecule has 1 aliphatic heterocycles. The number of piperazine rings is 1. The van der Waals surface area contributed by atoms with E-state index in [1.54, 1.807) is 53.5 Å². The second kappa shape index (κ2) is 8.33. The van der Waals surface area contributed by atoms with E-state index in [0.717, 1.165) is 11.1 Å². The van der Waals surface area contributed by atoms with E-state index in [4.69, 9.17) is 0 Å². The Labute approximate surface area is 187 Å². The Balaban J connectivity index is 0.00000289. The molecule has 170 valence electrons. The van der Waals surface area contributed by atoms with Crippen molar-refractivity contribution in [2.75, 3.05) is 20.1 Å². The maximum atomic E-state index is 13.3. The molecule has 1 aromatic carbocycles. The minimum absolute atomic E-state index is 0. The van der Waals surface area contributed by atoms with E-state index in [9.17, 15) is 14.0 Å². The van der Waals surface area contributed by atoms with Gasteiger partial charge < -0.3 is 9.80 Å². The molecule has 3 heterocycles. The van der Waals surface area contributed by atoms with E-state index in [2.05, 4.69) is 10.1 Å². The van der Waals surface area contributed by atoms with Crippen LogP contribution in [0.1, 0.15) is 57.1 Å². The van der Waals surface area contributed by atoms with Crippen LogP contribution in [0.25, 0.3) is 16.9 Å². The number of hydrogen-bond donors (Lipinski definition) is 0. The molecule has 0 saturated carbocycles. The van der Waals surface area contributed by atoms with Crippen LogP contribution in [-0.4, -0.2) is 61.9 Å². The third-order valence-corrected chi connectivity index (χ3v) is 5.88. The van der Waals surface area contributed by atoms with Crippen LogP contribution in [0, 0.1) is 5.82 Å². The van der Waals surface area contributed by atoms with Crippen molar-refractivity contribution in [2.24, 2.45) is 0 Å². The van der Waals surface area contributed by atoms with Gasteiger partial charge in [-0.05, 0) is 50.1 Å². The van der Waals surface area contributed by atoms with E-state index < -0.39 is 5.54 Å².